The van der Waals surface area contributed by atoms with Gasteiger partial charge in [-0.3, -0.25) is 0 Å². The molecule has 148 valence electrons. The number of anilines is 1. The minimum atomic E-state index is -4.40. The standard InChI is InChI=1S/C17H15BrF3N5O2/c18-12-13(9-4-2-1-3-5-9)23-15(22)26-14(12)24-25(16(26)27)8-11-10(6-7-28-11)17(19,20)21/h1-5,10-11H,6-8H2,(H2,22,23). The number of ether oxygens (including phenoxy) is 1. The van der Waals surface area contributed by atoms with Crippen LogP contribution in [0, 0.1) is 5.92 Å². The van der Waals surface area contributed by atoms with Crippen LogP contribution in [0.1, 0.15) is 6.42 Å². The Morgan fingerprint density at radius 2 is 2.00 bits per heavy atom. The molecule has 2 unspecified atom stereocenters. The van der Waals surface area contributed by atoms with Crippen molar-refractivity contribution in [2.24, 2.45) is 5.92 Å². The molecule has 1 aliphatic heterocycles. The first kappa shape index (κ1) is 18.9. The number of aromatic nitrogens is 4. The van der Waals surface area contributed by atoms with Crippen LogP contribution in [0.5, 0.6) is 0 Å². The maximum atomic E-state index is 13.2. The van der Waals surface area contributed by atoms with Crippen molar-refractivity contribution in [1.29, 1.82) is 0 Å². The monoisotopic (exact) mass is 457 g/mol. The molecular weight excluding hydrogens is 443 g/mol. The molecule has 0 saturated carbocycles. The van der Waals surface area contributed by atoms with Crippen molar-refractivity contribution in [2.45, 2.75) is 25.2 Å². The van der Waals surface area contributed by atoms with Gasteiger partial charge in [0.05, 0.1) is 28.7 Å². The number of halogens is 4. The van der Waals surface area contributed by atoms with Gasteiger partial charge in [0.25, 0.3) is 0 Å². The van der Waals surface area contributed by atoms with Crippen molar-refractivity contribution in [3.63, 3.8) is 0 Å². The predicted octanol–water partition coefficient (Wildman–Crippen LogP) is 2.87. The lowest BCUT2D eigenvalue weighted by atomic mass is 10.0. The number of alkyl halides is 3. The molecule has 1 aliphatic rings. The summed E-state index contributed by atoms with van der Waals surface area (Å²) in [6.07, 6.45) is -5.71. The third-order valence-corrected chi connectivity index (χ3v) is 5.46. The molecule has 0 spiro atoms. The molecule has 7 nitrogen and oxygen atoms in total. The minimum Gasteiger partial charge on any atom is -0.376 e. The Morgan fingerprint density at radius 1 is 1.29 bits per heavy atom. The van der Waals surface area contributed by atoms with Gasteiger partial charge in [-0.15, -0.1) is 5.10 Å². The quantitative estimate of drug-likeness (QED) is 0.653. The lowest BCUT2D eigenvalue weighted by Crippen LogP contribution is -2.36. The number of hydrogen-bond donors (Lipinski definition) is 1. The summed E-state index contributed by atoms with van der Waals surface area (Å²) in [7, 11) is 0. The topological polar surface area (TPSA) is 87.4 Å². The summed E-state index contributed by atoms with van der Waals surface area (Å²) in [5.74, 6) is -1.74. The van der Waals surface area contributed by atoms with Crippen LogP contribution < -0.4 is 11.4 Å². The van der Waals surface area contributed by atoms with Crippen LogP contribution in [0.15, 0.2) is 39.6 Å². The Kier molecular flexibility index (Phi) is 4.66. The van der Waals surface area contributed by atoms with Crippen LogP contribution in [-0.4, -0.2) is 38.1 Å². The first-order chi connectivity index (χ1) is 13.3. The molecule has 3 heterocycles. The van der Waals surface area contributed by atoms with Crippen LogP contribution in [0.4, 0.5) is 19.1 Å². The van der Waals surface area contributed by atoms with E-state index >= 15 is 0 Å². The van der Waals surface area contributed by atoms with Gasteiger partial charge in [-0.2, -0.15) is 13.2 Å². The summed E-state index contributed by atoms with van der Waals surface area (Å²) in [5.41, 5.74) is 6.69. The lowest BCUT2D eigenvalue weighted by Gasteiger charge is -2.20. The van der Waals surface area contributed by atoms with Crippen molar-refractivity contribution < 1.29 is 17.9 Å². The van der Waals surface area contributed by atoms with Crippen LogP contribution in [-0.2, 0) is 11.3 Å². The highest BCUT2D eigenvalue weighted by Crippen LogP contribution is 2.37. The zero-order valence-electron chi connectivity index (χ0n) is 14.4. The summed E-state index contributed by atoms with van der Waals surface area (Å²) in [6, 6.07) is 9.13. The van der Waals surface area contributed by atoms with E-state index < -0.39 is 23.9 Å². The van der Waals surface area contributed by atoms with Crippen LogP contribution in [0.25, 0.3) is 16.9 Å². The third kappa shape index (κ3) is 3.18. The number of hydrogen-bond acceptors (Lipinski definition) is 5. The second kappa shape index (κ2) is 6.89. The zero-order valence-corrected chi connectivity index (χ0v) is 15.9. The average molecular weight is 458 g/mol. The average Bonchev–Trinajstić information content (AvgIpc) is 3.25. The van der Waals surface area contributed by atoms with Gasteiger partial charge < -0.3 is 10.5 Å². The number of rotatable bonds is 3. The Balaban J connectivity index is 1.78. The molecule has 2 N–H and O–H groups in total. The SMILES string of the molecule is Nc1nc(-c2ccccc2)c(Br)c2nn(CC3OCCC3C(F)(F)F)c(=O)n12. The zero-order chi connectivity index (χ0) is 20.1. The van der Waals surface area contributed by atoms with E-state index in [2.05, 4.69) is 26.0 Å². The van der Waals surface area contributed by atoms with Crippen molar-refractivity contribution >= 4 is 27.5 Å². The highest BCUT2D eigenvalue weighted by atomic mass is 79.9. The summed E-state index contributed by atoms with van der Waals surface area (Å²) in [6.45, 7) is -0.334. The lowest BCUT2D eigenvalue weighted by molar-refractivity contribution is -0.187. The molecule has 1 saturated heterocycles. The Morgan fingerprint density at radius 3 is 2.68 bits per heavy atom. The van der Waals surface area contributed by atoms with E-state index in [-0.39, 0.29) is 31.2 Å². The molecule has 2 aromatic heterocycles. The van der Waals surface area contributed by atoms with E-state index in [0.29, 0.717) is 10.2 Å². The second-order valence-corrected chi connectivity index (χ2v) is 7.26. The molecule has 0 radical (unpaired) electrons. The predicted molar refractivity (Wildman–Crippen MR) is 98.7 cm³/mol. The summed E-state index contributed by atoms with van der Waals surface area (Å²) in [5, 5.41) is 4.19. The number of fused-ring (bicyclic) bond motifs is 1. The summed E-state index contributed by atoms with van der Waals surface area (Å²) >= 11 is 3.39. The number of nitrogen functional groups attached to an aromatic ring is 1. The van der Waals surface area contributed by atoms with E-state index in [0.717, 1.165) is 14.6 Å². The van der Waals surface area contributed by atoms with Gasteiger partial charge in [0.15, 0.2) is 5.65 Å². The molecule has 2 atom stereocenters. The molecule has 28 heavy (non-hydrogen) atoms. The van der Waals surface area contributed by atoms with E-state index in [1.807, 2.05) is 30.3 Å². The molecule has 4 rings (SSSR count). The first-order valence-electron chi connectivity index (χ1n) is 8.45. The molecule has 0 amide bonds. The maximum Gasteiger partial charge on any atom is 0.394 e. The minimum absolute atomic E-state index is 0.0114. The van der Waals surface area contributed by atoms with E-state index in [9.17, 15) is 18.0 Å². The van der Waals surface area contributed by atoms with Crippen molar-refractivity contribution in [1.82, 2.24) is 19.2 Å². The highest BCUT2D eigenvalue weighted by molar-refractivity contribution is 9.10. The Hall–Kier alpha value is -2.40. The van der Waals surface area contributed by atoms with E-state index in [1.165, 1.54) is 0 Å². The molecule has 0 aliphatic carbocycles. The normalized spacial score (nSPS) is 20.1. The van der Waals surface area contributed by atoms with E-state index in [4.69, 9.17) is 10.5 Å². The van der Waals surface area contributed by atoms with Crippen LogP contribution in [0.2, 0.25) is 0 Å². The molecule has 11 heteroatoms. The van der Waals surface area contributed by atoms with Crippen molar-refractivity contribution in [2.75, 3.05) is 12.3 Å². The van der Waals surface area contributed by atoms with Gasteiger partial charge in [-0.05, 0) is 22.4 Å². The molecular formula is C17H15BrF3N5O2. The maximum absolute atomic E-state index is 13.2. The molecule has 3 aromatic rings. The van der Waals surface area contributed by atoms with Gasteiger partial charge in [0.1, 0.15) is 0 Å². The molecule has 0 bridgehead atoms. The van der Waals surface area contributed by atoms with Crippen molar-refractivity contribution in [3.8, 4) is 11.3 Å². The van der Waals surface area contributed by atoms with Gasteiger partial charge in [-0.1, -0.05) is 30.3 Å². The summed E-state index contributed by atoms with van der Waals surface area (Å²) < 4.78 is 47.1. The fraction of sp³-hybridized carbons (Fsp3) is 0.353. The fourth-order valence-corrected chi connectivity index (χ4v) is 3.93. The van der Waals surface area contributed by atoms with E-state index in [1.54, 1.807) is 0 Å². The Labute approximate surface area is 165 Å². The molecule has 1 fully saturated rings. The number of nitrogens with zero attached hydrogens (tertiary/aromatic N) is 4. The van der Waals surface area contributed by atoms with Gasteiger partial charge in [-0.25, -0.2) is 18.9 Å². The molecule has 1 aromatic carbocycles. The number of nitrogens with two attached hydrogens (primary N) is 1. The Bertz CT molecular complexity index is 1080. The first-order valence-corrected chi connectivity index (χ1v) is 9.25. The third-order valence-electron chi connectivity index (χ3n) is 4.73. The van der Waals surface area contributed by atoms with Gasteiger partial charge in [0.2, 0.25) is 5.95 Å². The smallest absolute Gasteiger partial charge is 0.376 e. The largest absolute Gasteiger partial charge is 0.394 e. The number of benzene rings is 1. The summed E-state index contributed by atoms with van der Waals surface area (Å²) in [4.78, 5) is 16.9. The fourth-order valence-electron chi connectivity index (χ4n) is 3.36. The second-order valence-electron chi connectivity index (χ2n) is 6.47. The van der Waals surface area contributed by atoms with Crippen LogP contribution in [0.3, 0.4) is 0 Å². The highest BCUT2D eigenvalue weighted by Gasteiger charge is 2.48. The van der Waals surface area contributed by atoms with Gasteiger partial charge in [0, 0.05) is 12.2 Å². The van der Waals surface area contributed by atoms with Gasteiger partial charge >= 0.3 is 11.9 Å². The van der Waals surface area contributed by atoms with Crippen molar-refractivity contribution in [3.05, 3.63) is 45.3 Å². The van der Waals surface area contributed by atoms with Crippen LogP contribution >= 0.6 is 15.9 Å².